The molecule has 0 aliphatic heterocycles. The number of carbonyl (C=O) groups is 1. The van der Waals surface area contributed by atoms with Crippen LogP contribution >= 0.6 is 0 Å². The van der Waals surface area contributed by atoms with Gasteiger partial charge < -0.3 is 14.8 Å². The molecule has 3 aromatic rings. The molecule has 1 heterocycles. The summed E-state index contributed by atoms with van der Waals surface area (Å²) >= 11 is 0. The number of aryl methyl sites for hydroxylation is 1. The zero-order valence-corrected chi connectivity index (χ0v) is 15.5. The lowest BCUT2D eigenvalue weighted by molar-refractivity contribution is 0.0954. The number of amides is 1. The van der Waals surface area contributed by atoms with E-state index in [9.17, 15) is 4.79 Å². The molecule has 0 spiro atoms. The minimum atomic E-state index is -0.150. The van der Waals surface area contributed by atoms with Gasteiger partial charge in [-0.25, -0.2) is 0 Å². The third kappa shape index (κ3) is 4.22. The predicted octanol–water partition coefficient (Wildman–Crippen LogP) is 1.96. The van der Waals surface area contributed by atoms with Crippen LogP contribution < -0.4 is 14.8 Å². The Kier molecular flexibility index (Phi) is 5.65. The van der Waals surface area contributed by atoms with E-state index in [4.69, 9.17) is 9.47 Å². The number of tetrazole rings is 1. The fourth-order valence-corrected chi connectivity index (χ4v) is 2.71. The summed E-state index contributed by atoms with van der Waals surface area (Å²) in [7, 11) is 3.20. The smallest absolute Gasteiger partial charge is 0.251 e. The molecule has 0 fully saturated rings. The van der Waals surface area contributed by atoms with Crippen LogP contribution in [-0.2, 0) is 6.42 Å². The second-order valence-corrected chi connectivity index (χ2v) is 5.88. The molecule has 0 bridgehead atoms. The summed E-state index contributed by atoms with van der Waals surface area (Å²) in [5, 5.41) is 14.3. The fraction of sp³-hybridized carbons (Fsp3) is 0.263. The first kappa shape index (κ1) is 18.4. The number of nitrogens with zero attached hydrogens (tertiary/aromatic N) is 4. The molecule has 0 aliphatic rings. The van der Waals surface area contributed by atoms with Crippen molar-refractivity contribution < 1.29 is 14.3 Å². The molecule has 1 aromatic heterocycles. The summed E-state index contributed by atoms with van der Waals surface area (Å²) in [6, 6.07) is 12.9. The Morgan fingerprint density at radius 3 is 2.63 bits per heavy atom. The van der Waals surface area contributed by atoms with Gasteiger partial charge in [0.05, 0.1) is 19.9 Å². The standard InChI is InChI=1S/C19H21N5O3/c1-13-21-22-23-24(13)16-6-4-5-15(12-16)19(25)20-10-9-14-7-8-17(26-2)18(11-14)27-3/h4-8,11-12H,9-10H2,1-3H3,(H,20,25). The van der Waals surface area contributed by atoms with Crippen molar-refractivity contribution in [2.75, 3.05) is 20.8 Å². The Morgan fingerprint density at radius 1 is 1.11 bits per heavy atom. The van der Waals surface area contributed by atoms with E-state index in [1.807, 2.05) is 24.3 Å². The van der Waals surface area contributed by atoms with Crippen LogP contribution in [0, 0.1) is 6.92 Å². The first-order chi connectivity index (χ1) is 13.1. The van der Waals surface area contributed by atoms with Crippen molar-refractivity contribution in [2.45, 2.75) is 13.3 Å². The van der Waals surface area contributed by atoms with Gasteiger partial charge in [0.25, 0.3) is 5.91 Å². The molecule has 0 aliphatic carbocycles. The van der Waals surface area contributed by atoms with Crippen LogP contribution in [0.5, 0.6) is 11.5 Å². The zero-order valence-electron chi connectivity index (χ0n) is 15.5. The summed E-state index contributed by atoms with van der Waals surface area (Å²) in [6.45, 7) is 2.30. The third-order valence-corrected chi connectivity index (χ3v) is 4.13. The lowest BCUT2D eigenvalue weighted by Gasteiger charge is -2.10. The Morgan fingerprint density at radius 2 is 1.93 bits per heavy atom. The van der Waals surface area contributed by atoms with Gasteiger partial charge in [0.2, 0.25) is 0 Å². The quantitative estimate of drug-likeness (QED) is 0.686. The largest absolute Gasteiger partial charge is 0.493 e. The molecule has 0 saturated heterocycles. The highest BCUT2D eigenvalue weighted by Gasteiger charge is 2.10. The summed E-state index contributed by atoms with van der Waals surface area (Å²) in [5.41, 5.74) is 2.34. The molecule has 8 heteroatoms. The van der Waals surface area contributed by atoms with Crippen molar-refractivity contribution in [3.05, 3.63) is 59.4 Å². The first-order valence-corrected chi connectivity index (χ1v) is 8.47. The Hall–Kier alpha value is -3.42. The van der Waals surface area contributed by atoms with Crippen LogP contribution in [0.1, 0.15) is 21.7 Å². The van der Waals surface area contributed by atoms with E-state index in [0.717, 1.165) is 11.3 Å². The van der Waals surface area contributed by atoms with Crippen LogP contribution in [0.15, 0.2) is 42.5 Å². The van der Waals surface area contributed by atoms with Gasteiger partial charge in [0.15, 0.2) is 17.3 Å². The molecule has 0 saturated carbocycles. The van der Waals surface area contributed by atoms with Crippen LogP contribution in [0.25, 0.3) is 5.69 Å². The van der Waals surface area contributed by atoms with E-state index in [0.29, 0.717) is 35.9 Å². The van der Waals surface area contributed by atoms with Gasteiger partial charge in [0.1, 0.15) is 0 Å². The molecule has 0 unspecified atom stereocenters. The van der Waals surface area contributed by atoms with Crippen molar-refractivity contribution in [3.8, 4) is 17.2 Å². The van der Waals surface area contributed by atoms with Crippen molar-refractivity contribution in [3.63, 3.8) is 0 Å². The fourth-order valence-electron chi connectivity index (χ4n) is 2.71. The topological polar surface area (TPSA) is 91.2 Å². The molecule has 0 radical (unpaired) electrons. The number of benzene rings is 2. The molecule has 1 amide bonds. The monoisotopic (exact) mass is 367 g/mol. The van der Waals surface area contributed by atoms with Crippen LogP contribution in [-0.4, -0.2) is 46.9 Å². The van der Waals surface area contributed by atoms with Gasteiger partial charge in [-0.2, -0.15) is 4.68 Å². The number of ether oxygens (including phenoxy) is 2. The highest BCUT2D eigenvalue weighted by atomic mass is 16.5. The normalized spacial score (nSPS) is 10.5. The minimum absolute atomic E-state index is 0.150. The Labute approximate surface area is 157 Å². The molecule has 8 nitrogen and oxygen atoms in total. The maximum Gasteiger partial charge on any atom is 0.251 e. The summed E-state index contributed by atoms with van der Waals surface area (Å²) < 4.78 is 12.1. The van der Waals surface area contributed by atoms with E-state index >= 15 is 0 Å². The van der Waals surface area contributed by atoms with Gasteiger partial charge >= 0.3 is 0 Å². The summed E-state index contributed by atoms with van der Waals surface area (Å²) in [6.07, 6.45) is 0.678. The first-order valence-electron chi connectivity index (χ1n) is 8.47. The number of rotatable bonds is 7. The SMILES string of the molecule is COc1ccc(CCNC(=O)c2cccc(-n3nnnc3C)c2)cc1OC. The second kappa shape index (κ2) is 8.31. The number of methoxy groups -OCH3 is 2. The molecule has 3 rings (SSSR count). The van der Waals surface area contributed by atoms with E-state index in [-0.39, 0.29) is 5.91 Å². The van der Waals surface area contributed by atoms with Crippen LogP contribution in [0.2, 0.25) is 0 Å². The highest BCUT2D eigenvalue weighted by molar-refractivity contribution is 5.94. The average Bonchev–Trinajstić information content (AvgIpc) is 3.13. The molecular weight excluding hydrogens is 346 g/mol. The number of hydrogen-bond acceptors (Lipinski definition) is 6. The van der Waals surface area contributed by atoms with Crippen molar-refractivity contribution in [1.29, 1.82) is 0 Å². The van der Waals surface area contributed by atoms with E-state index in [1.165, 1.54) is 0 Å². The third-order valence-electron chi connectivity index (χ3n) is 4.13. The number of hydrogen-bond donors (Lipinski definition) is 1. The van der Waals surface area contributed by atoms with E-state index in [2.05, 4.69) is 20.8 Å². The molecule has 140 valence electrons. The number of aromatic nitrogens is 4. The highest BCUT2D eigenvalue weighted by Crippen LogP contribution is 2.27. The number of carbonyl (C=O) groups excluding carboxylic acids is 1. The van der Waals surface area contributed by atoms with Gasteiger partial charge in [0, 0.05) is 12.1 Å². The van der Waals surface area contributed by atoms with Crippen molar-refractivity contribution >= 4 is 5.91 Å². The lowest BCUT2D eigenvalue weighted by Crippen LogP contribution is -2.25. The van der Waals surface area contributed by atoms with Gasteiger partial charge in [-0.1, -0.05) is 12.1 Å². The number of nitrogens with one attached hydrogen (secondary N) is 1. The molecule has 2 aromatic carbocycles. The minimum Gasteiger partial charge on any atom is -0.493 e. The maximum absolute atomic E-state index is 12.4. The zero-order chi connectivity index (χ0) is 19.2. The van der Waals surface area contributed by atoms with Crippen molar-refractivity contribution in [2.24, 2.45) is 0 Å². The molecule has 27 heavy (non-hydrogen) atoms. The maximum atomic E-state index is 12.4. The second-order valence-electron chi connectivity index (χ2n) is 5.88. The lowest BCUT2D eigenvalue weighted by atomic mass is 10.1. The van der Waals surface area contributed by atoms with Gasteiger partial charge in [-0.3, -0.25) is 4.79 Å². The molecule has 0 atom stereocenters. The molecule has 1 N–H and O–H groups in total. The molecular formula is C19H21N5O3. The average molecular weight is 367 g/mol. The Bertz CT molecular complexity index is 939. The van der Waals surface area contributed by atoms with E-state index < -0.39 is 0 Å². The van der Waals surface area contributed by atoms with Gasteiger partial charge in [-0.05, 0) is 59.7 Å². The predicted molar refractivity (Wildman–Crippen MR) is 99.5 cm³/mol. The summed E-state index contributed by atoms with van der Waals surface area (Å²) in [4.78, 5) is 12.4. The summed E-state index contributed by atoms with van der Waals surface area (Å²) in [5.74, 6) is 1.86. The Balaban J connectivity index is 1.62. The van der Waals surface area contributed by atoms with Gasteiger partial charge in [-0.15, -0.1) is 5.10 Å². The van der Waals surface area contributed by atoms with Crippen molar-refractivity contribution in [1.82, 2.24) is 25.5 Å². The van der Waals surface area contributed by atoms with E-state index in [1.54, 1.807) is 44.0 Å². The van der Waals surface area contributed by atoms with Crippen LogP contribution in [0.3, 0.4) is 0 Å². The van der Waals surface area contributed by atoms with Crippen LogP contribution in [0.4, 0.5) is 0 Å².